The van der Waals surface area contributed by atoms with Crippen LogP contribution in [0.1, 0.15) is 25.0 Å². The van der Waals surface area contributed by atoms with Crippen molar-refractivity contribution in [2.24, 2.45) is 5.92 Å². The van der Waals surface area contributed by atoms with Gasteiger partial charge in [0, 0.05) is 17.6 Å². The summed E-state index contributed by atoms with van der Waals surface area (Å²) in [6.45, 7) is 4.66. The minimum atomic E-state index is -4.65. The molecule has 3 aromatic rings. The fourth-order valence-electron chi connectivity index (χ4n) is 2.57. The minimum absolute atomic E-state index is 0.0113. The van der Waals surface area contributed by atoms with Crippen LogP contribution in [0, 0.1) is 17.2 Å². The summed E-state index contributed by atoms with van der Waals surface area (Å²) in [5.41, 5.74) is 0.193. The van der Waals surface area contributed by atoms with Crippen LogP contribution in [-0.4, -0.2) is 16.6 Å². The van der Waals surface area contributed by atoms with Crippen LogP contribution in [0.15, 0.2) is 54.7 Å². The summed E-state index contributed by atoms with van der Waals surface area (Å²) in [5.74, 6) is 0.644. The average molecular weight is 427 g/mol. The SMILES string of the molecule is CC(C)COc1ccc(Nc2ncc(C(F)(F)F)c(Nc3cccc(C#N)c3)n2)cc1. The molecule has 6 nitrogen and oxygen atoms in total. The largest absolute Gasteiger partial charge is 0.493 e. The van der Waals surface area contributed by atoms with Gasteiger partial charge >= 0.3 is 6.18 Å². The van der Waals surface area contributed by atoms with Gasteiger partial charge in [0.15, 0.2) is 0 Å². The standard InChI is InChI=1S/C22H20F3N5O/c1-14(2)13-31-18-8-6-16(7-9-18)29-21-27-12-19(22(23,24)25)20(30-21)28-17-5-3-4-15(10-17)11-26/h3-10,12,14H,13H2,1-2H3,(H2,27,28,29,30). The second kappa shape index (κ2) is 9.34. The normalized spacial score (nSPS) is 11.1. The zero-order valence-corrected chi connectivity index (χ0v) is 16.9. The molecule has 0 unspecified atom stereocenters. The summed E-state index contributed by atoms with van der Waals surface area (Å²) >= 11 is 0. The molecule has 0 amide bonds. The molecule has 0 aliphatic heterocycles. The molecule has 0 bridgehead atoms. The zero-order chi connectivity index (χ0) is 22.4. The summed E-state index contributed by atoms with van der Waals surface area (Å²) < 4.78 is 45.9. The molecule has 1 heterocycles. The molecule has 0 saturated carbocycles. The molecule has 1 aromatic heterocycles. The summed E-state index contributed by atoms with van der Waals surface area (Å²) in [7, 11) is 0. The molecule has 160 valence electrons. The Morgan fingerprint density at radius 1 is 1.06 bits per heavy atom. The highest BCUT2D eigenvalue weighted by atomic mass is 19.4. The van der Waals surface area contributed by atoms with Crippen LogP contribution in [-0.2, 0) is 6.18 Å². The summed E-state index contributed by atoms with van der Waals surface area (Å²) in [4.78, 5) is 7.79. The molecule has 3 rings (SSSR count). The van der Waals surface area contributed by atoms with Gasteiger partial charge in [0.1, 0.15) is 17.1 Å². The maximum absolute atomic E-state index is 13.4. The van der Waals surface area contributed by atoms with Crippen molar-refractivity contribution in [2.75, 3.05) is 17.2 Å². The van der Waals surface area contributed by atoms with E-state index >= 15 is 0 Å². The van der Waals surface area contributed by atoms with E-state index in [1.165, 1.54) is 6.07 Å². The highest BCUT2D eigenvalue weighted by Crippen LogP contribution is 2.35. The lowest BCUT2D eigenvalue weighted by Gasteiger charge is -2.15. The third kappa shape index (κ3) is 6.09. The van der Waals surface area contributed by atoms with Gasteiger partial charge in [-0.2, -0.15) is 23.4 Å². The molecule has 9 heteroatoms. The Labute approximate surface area is 177 Å². The highest BCUT2D eigenvalue weighted by molar-refractivity contribution is 5.64. The molecule has 31 heavy (non-hydrogen) atoms. The van der Waals surface area contributed by atoms with Crippen molar-refractivity contribution in [1.29, 1.82) is 5.26 Å². The number of anilines is 4. The minimum Gasteiger partial charge on any atom is -0.493 e. The second-order valence-electron chi connectivity index (χ2n) is 7.13. The predicted molar refractivity (Wildman–Crippen MR) is 112 cm³/mol. The Balaban J connectivity index is 1.83. The van der Waals surface area contributed by atoms with E-state index in [1.807, 2.05) is 19.9 Å². The number of hydrogen-bond acceptors (Lipinski definition) is 6. The van der Waals surface area contributed by atoms with Gasteiger partial charge in [-0.15, -0.1) is 0 Å². The third-order valence-electron chi connectivity index (χ3n) is 4.04. The first-order valence-electron chi connectivity index (χ1n) is 9.46. The lowest BCUT2D eigenvalue weighted by molar-refractivity contribution is -0.137. The highest BCUT2D eigenvalue weighted by Gasteiger charge is 2.35. The molecular formula is C22H20F3N5O. The molecule has 0 fully saturated rings. The number of alkyl halides is 3. The molecule has 0 atom stereocenters. The molecule has 0 aliphatic rings. The molecule has 2 N–H and O–H groups in total. The van der Waals surface area contributed by atoms with Gasteiger partial charge in [-0.3, -0.25) is 0 Å². The van der Waals surface area contributed by atoms with Gasteiger partial charge in [0.05, 0.1) is 18.2 Å². The monoisotopic (exact) mass is 427 g/mol. The van der Waals surface area contributed by atoms with Crippen LogP contribution in [0.25, 0.3) is 0 Å². The number of nitrogens with one attached hydrogen (secondary N) is 2. The first-order valence-corrected chi connectivity index (χ1v) is 9.46. The number of aromatic nitrogens is 2. The maximum Gasteiger partial charge on any atom is 0.421 e. The zero-order valence-electron chi connectivity index (χ0n) is 16.9. The van der Waals surface area contributed by atoms with E-state index in [1.54, 1.807) is 42.5 Å². The summed E-state index contributed by atoms with van der Waals surface area (Å²) in [5, 5.41) is 14.5. The smallest absolute Gasteiger partial charge is 0.421 e. The van der Waals surface area contributed by atoms with E-state index in [4.69, 9.17) is 10.00 Å². The lowest BCUT2D eigenvalue weighted by atomic mass is 10.2. The lowest BCUT2D eigenvalue weighted by Crippen LogP contribution is -2.12. The number of nitriles is 1. The first kappa shape index (κ1) is 21.9. The fourth-order valence-corrected chi connectivity index (χ4v) is 2.57. The van der Waals surface area contributed by atoms with E-state index in [2.05, 4.69) is 20.6 Å². The van der Waals surface area contributed by atoms with Crippen LogP contribution >= 0.6 is 0 Å². The van der Waals surface area contributed by atoms with E-state index in [0.717, 1.165) is 0 Å². The molecule has 0 saturated heterocycles. The number of rotatable bonds is 7. The topological polar surface area (TPSA) is 82.9 Å². The van der Waals surface area contributed by atoms with Crippen molar-refractivity contribution >= 4 is 23.1 Å². The Hall–Kier alpha value is -3.80. The third-order valence-corrected chi connectivity index (χ3v) is 4.04. The van der Waals surface area contributed by atoms with Gasteiger partial charge in [-0.25, -0.2) is 4.98 Å². The van der Waals surface area contributed by atoms with Crippen molar-refractivity contribution in [3.63, 3.8) is 0 Å². The van der Waals surface area contributed by atoms with Crippen molar-refractivity contribution in [2.45, 2.75) is 20.0 Å². The Kier molecular flexibility index (Phi) is 6.60. The van der Waals surface area contributed by atoms with E-state index in [0.29, 0.717) is 41.4 Å². The Morgan fingerprint density at radius 3 is 2.45 bits per heavy atom. The predicted octanol–water partition coefficient (Wildman–Crippen LogP) is 5.89. The number of halogens is 3. The van der Waals surface area contributed by atoms with Crippen LogP contribution < -0.4 is 15.4 Å². The number of ether oxygens (including phenoxy) is 1. The average Bonchev–Trinajstić information content (AvgIpc) is 2.72. The van der Waals surface area contributed by atoms with Gasteiger partial charge < -0.3 is 15.4 Å². The fraction of sp³-hybridized carbons (Fsp3) is 0.227. The molecular weight excluding hydrogens is 407 g/mol. The maximum atomic E-state index is 13.4. The van der Waals surface area contributed by atoms with Crippen molar-refractivity contribution in [3.05, 3.63) is 65.9 Å². The molecule has 2 aromatic carbocycles. The molecule has 0 spiro atoms. The van der Waals surface area contributed by atoms with Crippen molar-refractivity contribution in [1.82, 2.24) is 9.97 Å². The van der Waals surface area contributed by atoms with E-state index in [9.17, 15) is 13.2 Å². The van der Waals surface area contributed by atoms with Gasteiger partial charge in [-0.05, 0) is 48.4 Å². The molecule has 0 radical (unpaired) electrons. The van der Waals surface area contributed by atoms with Crippen LogP contribution in [0.4, 0.5) is 36.3 Å². The Morgan fingerprint density at radius 2 is 1.81 bits per heavy atom. The summed E-state index contributed by atoms with van der Waals surface area (Å²) in [6, 6.07) is 15.0. The molecule has 0 aliphatic carbocycles. The van der Waals surface area contributed by atoms with Gasteiger partial charge in [0.2, 0.25) is 5.95 Å². The van der Waals surface area contributed by atoms with Crippen molar-refractivity contribution < 1.29 is 17.9 Å². The number of nitrogens with zero attached hydrogens (tertiary/aromatic N) is 3. The van der Waals surface area contributed by atoms with E-state index < -0.39 is 17.6 Å². The van der Waals surface area contributed by atoms with Gasteiger partial charge in [-0.1, -0.05) is 19.9 Å². The number of hydrogen-bond donors (Lipinski definition) is 2. The van der Waals surface area contributed by atoms with E-state index in [-0.39, 0.29) is 5.95 Å². The Bertz CT molecular complexity index is 1080. The van der Waals surface area contributed by atoms with Gasteiger partial charge in [0.25, 0.3) is 0 Å². The van der Waals surface area contributed by atoms with Crippen LogP contribution in [0.5, 0.6) is 5.75 Å². The van der Waals surface area contributed by atoms with Crippen molar-refractivity contribution in [3.8, 4) is 11.8 Å². The van der Waals surface area contributed by atoms with Crippen LogP contribution in [0.2, 0.25) is 0 Å². The summed E-state index contributed by atoms with van der Waals surface area (Å²) in [6.07, 6.45) is -3.94. The first-order chi connectivity index (χ1) is 14.7. The quantitative estimate of drug-likeness (QED) is 0.489. The second-order valence-corrected chi connectivity index (χ2v) is 7.13. The number of benzene rings is 2. The van der Waals surface area contributed by atoms with Crippen LogP contribution in [0.3, 0.4) is 0 Å².